The minimum atomic E-state index is -0.473. The minimum absolute atomic E-state index is 0.198. The van der Waals surface area contributed by atoms with E-state index in [1.807, 2.05) is 25.1 Å². The number of likely N-dealkylation sites (tertiary alicyclic amines) is 1. The lowest BCUT2D eigenvalue weighted by atomic mass is 10.1. The van der Waals surface area contributed by atoms with Crippen LogP contribution in [0, 0.1) is 14.9 Å². The number of nitriles is 1. The first-order valence-electron chi connectivity index (χ1n) is 11.5. The number of carbonyl (C=O) groups is 3. The molecule has 8 nitrogen and oxygen atoms in total. The average Bonchev–Trinajstić information content (AvgIpc) is 3.49. The number of rotatable bonds is 8. The molecule has 2 aliphatic rings. The summed E-state index contributed by atoms with van der Waals surface area (Å²) in [6, 6.07) is 13.0. The Hall–Kier alpha value is -3.04. The normalized spacial score (nSPS) is 16.5. The summed E-state index contributed by atoms with van der Waals surface area (Å²) in [5.41, 5.74) is 1.98. The van der Waals surface area contributed by atoms with E-state index < -0.39 is 11.1 Å². The molecule has 0 saturated carbocycles. The summed E-state index contributed by atoms with van der Waals surface area (Å²) in [4.78, 5) is 40.8. The molecular formula is C26H24IN3O5S. The topological polar surface area (TPSA) is 99.9 Å². The zero-order valence-electron chi connectivity index (χ0n) is 19.7. The van der Waals surface area contributed by atoms with Crippen molar-refractivity contribution >= 4 is 57.5 Å². The molecule has 2 aromatic rings. The second-order valence-corrected chi connectivity index (χ2v) is 10.3. The summed E-state index contributed by atoms with van der Waals surface area (Å²) in [6.45, 7) is 3.56. The van der Waals surface area contributed by atoms with Crippen LogP contribution < -0.4 is 9.47 Å². The van der Waals surface area contributed by atoms with E-state index in [0.29, 0.717) is 42.3 Å². The number of thioether (sulfide) groups is 1. The van der Waals surface area contributed by atoms with Crippen LogP contribution >= 0.6 is 34.4 Å². The Morgan fingerprint density at radius 3 is 2.67 bits per heavy atom. The van der Waals surface area contributed by atoms with Crippen LogP contribution in [0.5, 0.6) is 11.5 Å². The Morgan fingerprint density at radius 1 is 1.19 bits per heavy atom. The van der Waals surface area contributed by atoms with E-state index in [2.05, 4.69) is 28.7 Å². The van der Waals surface area contributed by atoms with Crippen molar-refractivity contribution in [1.82, 2.24) is 9.80 Å². The number of halogens is 1. The average molecular weight is 617 g/mol. The van der Waals surface area contributed by atoms with E-state index in [9.17, 15) is 19.6 Å². The summed E-state index contributed by atoms with van der Waals surface area (Å²) in [5, 5.41) is 8.88. The quantitative estimate of drug-likeness (QED) is 0.310. The third-order valence-electron chi connectivity index (χ3n) is 5.77. The molecule has 2 heterocycles. The molecule has 0 bridgehead atoms. The van der Waals surface area contributed by atoms with Gasteiger partial charge in [0.15, 0.2) is 11.5 Å². The Balaban J connectivity index is 1.53. The molecule has 2 saturated heterocycles. The van der Waals surface area contributed by atoms with Crippen LogP contribution in [0.1, 0.15) is 36.5 Å². The van der Waals surface area contributed by atoms with Gasteiger partial charge in [0.25, 0.3) is 11.1 Å². The van der Waals surface area contributed by atoms with Gasteiger partial charge in [-0.05, 0) is 84.0 Å². The van der Waals surface area contributed by atoms with E-state index in [-0.39, 0.29) is 24.0 Å². The summed E-state index contributed by atoms with van der Waals surface area (Å²) in [5.74, 6) is 0.350. The first kappa shape index (κ1) is 26.0. The number of nitrogens with zero attached hydrogens (tertiary/aromatic N) is 3. The van der Waals surface area contributed by atoms with E-state index in [0.717, 1.165) is 38.6 Å². The van der Waals surface area contributed by atoms with Gasteiger partial charge in [0.1, 0.15) is 13.2 Å². The van der Waals surface area contributed by atoms with E-state index in [1.165, 1.54) is 0 Å². The standard InChI is InChI=1S/C26H24IN3O5S/c1-2-34-21-12-17(11-20(27)24(21)35-16-19-8-4-3-7-18(19)14-28)13-22-25(32)30(26(33)36-22)15-23(31)29-9-5-6-10-29/h3-4,7-8,11-13H,2,5-6,9-10,15-16H2,1H3/b22-13+. The number of ether oxygens (including phenoxy) is 2. The Kier molecular flexibility index (Phi) is 8.53. The smallest absolute Gasteiger partial charge is 0.294 e. The Labute approximate surface area is 227 Å². The third-order valence-corrected chi connectivity index (χ3v) is 7.47. The minimum Gasteiger partial charge on any atom is -0.490 e. The van der Waals surface area contributed by atoms with Gasteiger partial charge in [0.2, 0.25) is 5.91 Å². The van der Waals surface area contributed by atoms with Crippen LogP contribution in [-0.2, 0) is 16.2 Å². The molecule has 36 heavy (non-hydrogen) atoms. The van der Waals surface area contributed by atoms with Crippen molar-refractivity contribution < 1.29 is 23.9 Å². The first-order chi connectivity index (χ1) is 17.4. The fourth-order valence-corrected chi connectivity index (χ4v) is 5.59. The van der Waals surface area contributed by atoms with Crippen LogP contribution in [0.2, 0.25) is 0 Å². The number of hydrogen-bond acceptors (Lipinski definition) is 7. The third kappa shape index (κ3) is 5.84. The van der Waals surface area contributed by atoms with E-state index >= 15 is 0 Å². The molecule has 0 aromatic heterocycles. The van der Waals surface area contributed by atoms with Crippen LogP contribution in [-0.4, -0.2) is 53.1 Å². The SMILES string of the molecule is CCOc1cc(/C=C2/SC(=O)N(CC(=O)N3CCCC3)C2=O)cc(I)c1OCc1ccccc1C#N. The molecule has 0 N–H and O–H groups in total. The molecule has 0 unspecified atom stereocenters. The van der Waals surface area contributed by atoms with Crippen molar-refractivity contribution in [2.75, 3.05) is 26.2 Å². The number of hydrogen-bond donors (Lipinski definition) is 0. The van der Waals surface area contributed by atoms with Crippen molar-refractivity contribution in [2.24, 2.45) is 0 Å². The van der Waals surface area contributed by atoms with Gasteiger partial charge < -0.3 is 14.4 Å². The second-order valence-electron chi connectivity index (χ2n) is 8.18. The zero-order valence-corrected chi connectivity index (χ0v) is 22.6. The summed E-state index contributed by atoms with van der Waals surface area (Å²) in [6.07, 6.45) is 3.52. The van der Waals surface area contributed by atoms with E-state index in [1.54, 1.807) is 29.2 Å². The van der Waals surface area contributed by atoms with Gasteiger partial charge in [-0.3, -0.25) is 19.3 Å². The maximum atomic E-state index is 12.9. The van der Waals surface area contributed by atoms with Crippen molar-refractivity contribution in [2.45, 2.75) is 26.4 Å². The van der Waals surface area contributed by atoms with Crippen LogP contribution in [0.25, 0.3) is 6.08 Å². The lowest BCUT2D eigenvalue weighted by molar-refractivity contribution is -0.135. The highest BCUT2D eigenvalue weighted by Crippen LogP contribution is 2.38. The molecule has 2 fully saturated rings. The van der Waals surface area contributed by atoms with Gasteiger partial charge in [-0.2, -0.15) is 5.26 Å². The first-order valence-corrected chi connectivity index (χ1v) is 13.4. The molecule has 186 valence electrons. The van der Waals surface area contributed by atoms with Crippen LogP contribution in [0.3, 0.4) is 0 Å². The predicted octanol–water partition coefficient (Wildman–Crippen LogP) is 4.80. The maximum absolute atomic E-state index is 12.9. The Bertz CT molecular complexity index is 1270. The molecule has 0 aliphatic carbocycles. The van der Waals surface area contributed by atoms with Crippen LogP contribution in [0.4, 0.5) is 4.79 Å². The van der Waals surface area contributed by atoms with Crippen molar-refractivity contribution in [3.8, 4) is 17.6 Å². The van der Waals surface area contributed by atoms with Gasteiger partial charge >= 0.3 is 0 Å². The van der Waals surface area contributed by atoms with E-state index in [4.69, 9.17) is 9.47 Å². The second kappa shape index (κ2) is 11.8. The number of carbonyl (C=O) groups excluding carboxylic acids is 3. The molecule has 2 aliphatic heterocycles. The highest BCUT2D eigenvalue weighted by atomic mass is 127. The number of imide groups is 1. The molecule has 2 aromatic carbocycles. The van der Waals surface area contributed by atoms with Gasteiger partial charge in [0, 0.05) is 18.7 Å². The molecular weight excluding hydrogens is 593 g/mol. The van der Waals surface area contributed by atoms with Crippen molar-refractivity contribution in [3.63, 3.8) is 0 Å². The summed E-state index contributed by atoms with van der Waals surface area (Å²) < 4.78 is 12.6. The van der Waals surface area contributed by atoms with Gasteiger partial charge in [-0.25, -0.2) is 0 Å². The Morgan fingerprint density at radius 2 is 1.94 bits per heavy atom. The van der Waals surface area contributed by atoms with Gasteiger partial charge in [-0.1, -0.05) is 18.2 Å². The van der Waals surface area contributed by atoms with Crippen molar-refractivity contribution in [1.29, 1.82) is 5.26 Å². The molecule has 10 heteroatoms. The molecule has 0 radical (unpaired) electrons. The fraction of sp³-hybridized carbons (Fsp3) is 0.308. The molecule has 0 atom stereocenters. The molecule has 4 rings (SSSR count). The highest BCUT2D eigenvalue weighted by Gasteiger charge is 2.37. The lowest BCUT2D eigenvalue weighted by Crippen LogP contribution is -2.40. The van der Waals surface area contributed by atoms with Gasteiger partial charge in [0.05, 0.1) is 26.7 Å². The summed E-state index contributed by atoms with van der Waals surface area (Å²) >= 11 is 2.96. The highest BCUT2D eigenvalue weighted by molar-refractivity contribution is 14.1. The molecule has 0 spiro atoms. The van der Waals surface area contributed by atoms with Crippen molar-refractivity contribution in [3.05, 3.63) is 61.6 Å². The van der Waals surface area contributed by atoms with Gasteiger partial charge in [-0.15, -0.1) is 0 Å². The van der Waals surface area contributed by atoms with Crippen LogP contribution in [0.15, 0.2) is 41.3 Å². The summed E-state index contributed by atoms with van der Waals surface area (Å²) in [7, 11) is 0. The zero-order chi connectivity index (χ0) is 25.7. The maximum Gasteiger partial charge on any atom is 0.294 e. The monoisotopic (exact) mass is 617 g/mol. The fourth-order valence-electron chi connectivity index (χ4n) is 3.97. The lowest BCUT2D eigenvalue weighted by Gasteiger charge is -2.18. The predicted molar refractivity (Wildman–Crippen MR) is 144 cm³/mol. The number of amides is 3. The number of benzene rings is 2. The molecule has 3 amide bonds. The largest absolute Gasteiger partial charge is 0.490 e.